The van der Waals surface area contributed by atoms with Crippen molar-refractivity contribution in [1.29, 1.82) is 0 Å². The molecule has 0 saturated heterocycles. The molecule has 1 aliphatic rings. The van der Waals surface area contributed by atoms with E-state index in [1.807, 2.05) is 34.6 Å². The number of sulfonamides is 1. The quantitative estimate of drug-likeness (QED) is 0.275. The normalized spacial score (nSPS) is 12.9. The molecule has 4 rings (SSSR count). The van der Waals surface area contributed by atoms with Crippen LogP contribution in [0.2, 0.25) is 0 Å². The van der Waals surface area contributed by atoms with Crippen LogP contribution in [-0.2, 0) is 26.9 Å². The van der Waals surface area contributed by atoms with Crippen LogP contribution in [0.15, 0.2) is 41.3 Å². The standard InChI is InChI=1S/C29H36N4O8S/c1-7-19(8-2)26(34)31-20-10-12-22(41-27-17(3)25(28(35)36)32-33(27)29(4,5)6)24(14-20)42(37,38)30-15-18-9-11-21-23(13-18)40-16-39-21/h9-14,19,30H,7-8,15-16H2,1-6H3,(H,31,34)(H,35,36). The molecule has 2 aromatic carbocycles. The number of aromatic carboxylic acids is 1. The highest BCUT2D eigenvalue weighted by atomic mass is 32.2. The van der Waals surface area contributed by atoms with Gasteiger partial charge in [0, 0.05) is 23.7 Å². The summed E-state index contributed by atoms with van der Waals surface area (Å²) in [4.78, 5) is 24.4. The molecule has 0 unspecified atom stereocenters. The molecule has 0 spiro atoms. The Hall–Kier alpha value is -4.10. The van der Waals surface area contributed by atoms with Crippen molar-refractivity contribution in [2.24, 2.45) is 5.92 Å². The first-order valence-corrected chi connectivity index (χ1v) is 15.1. The second-order valence-corrected chi connectivity index (χ2v) is 12.7. The summed E-state index contributed by atoms with van der Waals surface area (Å²) in [6, 6.07) is 9.40. The first-order valence-electron chi connectivity index (χ1n) is 13.6. The average Bonchev–Trinajstić information content (AvgIpc) is 3.53. The zero-order chi connectivity index (χ0) is 30.8. The number of ether oxygens (including phenoxy) is 3. The van der Waals surface area contributed by atoms with Gasteiger partial charge in [-0.2, -0.15) is 5.10 Å². The van der Waals surface area contributed by atoms with E-state index in [-0.39, 0.29) is 58.6 Å². The van der Waals surface area contributed by atoms with E-state index in [0.29, 0.717) is 29.9 Å². The fourth-order valence-electron chi connectivity index (χ4n) is 4.45. The van der Waals surface area contributed by atoms with E-state index in [1.54, 1.807) is 25.1 Å². The van der Waals surface area contributed by atoms with Gasteiger partial charge in [0.2, 0.25) is 28.6 Å². The maximum atomic E-state index is 13.7. The van der Waals surface area contributed by atoms with Crippen LogP contribution in [-0.4, -0.2) is 42.0 Å². The minimum absolute atomic E-state index is 0.0646. The lowest BCUT2D eigenvalue weighted by Gasteiger charge is -2.23. The van der Waals surface area contributed by atoms with Crippen LogP contribution in [0.4, 0.5) is 5.69 Å². The number of carboxylic acid groups (broad SMARTS) is 1. The Kier molecular flexibility index (Phi) is 8.83. The molecule has 42 heavy (non-hydrogen) atoms. The van der Waals surface area contributed by atoms with Gasteiger partial charge in [-0.25, -0.2) is 22.6 Å². The van der Waals surface area contributed by atoms with Crippen LogP contribution in [0.5, 0.6) is 23.1 Å². The van der Waals surface area contributed by atoms with E-state index >= 15 is 0 Å². The number of nitrogens with zero attached hydrogens (tertiary/aromatic N) is 2. The first-order chi connectivity index (χ1) is 19.7. The Morgan fingerprint density at radius 1 is 1.10 bits per heavy atom. The first kappa shape index (κ1) is 30.8. The molecule has 3 aromatic rings. The molecule has 0 bridgehead atoms. The predicted octanol–water partition coefficient (Wildman–Crippen LogP) is 5.02. The van der Waals surface area contributed by atoms with Crippen LogP contribution in [0.3, 0.4) is 0 Å². The van der Waals surface area contributed by atoms with Gasteiger partial charge < -0.3 is 24.6 Å². The number of hydrogen-bond acceptors (Lipinski definition) is 8. The minimum Gasteiger partial charge on any atom is -0.476 e. The molecule has 13 heteroatoms. The van der Waals surface area contributed by atoms with E-state index in [2.05, 4.69) is 15.1 Å². The number of nitrogens with one attached hydrogen (secondary N) is 2. The number of carboxylic acids is 1. The molecule has 0 saturated carbocycles. The molecule has 1 aromatic heterocycles. The fourth-order valence-corrected chi connectivity index (χ4v) is 5.62. The van der Waals surface area contributed by atoms with Crippen molar-refractivity contribution < 1.29 is 37.3 Å². The lowest BCUT2D eigenvalue weighted by molar-refractivity contribution is -0.120. The van der Waals surface area contributed by atoms with Crippen LogP contribution >= 0.6 is 0 Å². The second-order valence-electron chi connectivity index (χ2n) is 10.9. The molecule has 3 N–H and O–H groups in total. The number of carbonyl (C=O) groups excluding carboxylic acids is 1. The van der Waals surface area contributed by atoms with E-state index < -0.39 is 21.5 Å². The number of hydrogen-bond donors (Lipinski definition) is 3. The van der Waals surface area contributed by atoms with Crippen LogP contribution in [0, 0.1) is 12.8 Å². The Morgan fingerprint density at radius 2 is 1.79 bits per heavy atom. The van der Waals surface area contributed by atoms with Gasteiger partial charge in [0.05, 0.1) is 5.54 Å². The number of amides is 1. The van der Waals surface area contributed by atoms with Gasteiger partial charge in [-0.1, -0.05) is 19.9 Å². The number of anilines is 1. The van der Waals surface area contributed by atoms with Crippen LogP contribution in [0.25, 0.3) is 0 Å². The highest BCUT2D eigenvalue weighted by Crippen LogP contribution is 2.37. The summed E-state index contributed by atoms with van der Waals surface area (Å²) in [5.41, 5.74) is 0.249. The number of carbonyl (C=O) groups is 2. The highest BCUT2D eigenvalue weighted by molar-refractivity contribution is 7.89. The molecular formula is C29H36N4O8S. The predicted molar refractivity (Wildman–Crippen MR) is 155 cm³/mol. The second kappa shape index (κ2) is 12.0. The molecule has 12 nitrogen and oxygen atoms in total. The molecule has 1 amide bonds. The molecule has 2 heterocycles. The Balaban J connectivity index is 1.74. The monoisotopic (exact) mass is 600 g/mol. The third-order valence-electron chi connectivity index (χ3n) is 6.87. The molecule has 0 radical (unpaired) electrons. The minimum atomic E-state index is -4.23. The maximum absolute atomic E-state index is 13.7. The smallest absolute Gasteiger partial charge is 0.356 e. The van der Waals surface area contributed by atoms with Gasteiger partial charge in [0.1, 0.15) is 10.6 Å². The van der Waals surface area contributed by atoms with Crippen molar-refractivity contribution in [3.63, 3.8) is 0 Å². The Bertz CT molecular complexity index is 1600. The Labute approximate surface area is 245 Å². The summed E-state index contributed by atoms with van der Waals surface area (Å²) in [6.07, 6.45) is 1.27. The zero-order valence-corrected chi connectivity index (χ0v) is 25.3. The SMILES string of the molecule is CCC(CC)C(=O)Nc1ccc(Oc2c(C)c(C(=O)O)nn2C(C)(C)C)c(S(=O)(=O)NCc2ccc3c(c2)OCO3)c1. The van der Waals surface area contributed by atoms with Crippen molar-refractivity contribution in [2.45, 2.75) is 71.4 Å². The average molecular weight is 601 g/mol. The van der Waals surface area contributed by atoms with Crippen molar-refractivity contribution in [1.82, 2.24) is 14.5 Å². The maximum Gasteiger partial charge on any atom is 0.356 e. The summed E-state index contributed by atoms with van der Waals surface area (Å²) < 4.78 is 48.3. The summed E-state index contributed by atoms with van der Waals surface area (Å²) in [5, 5.41) is 16.7. The van der Waals surface area contributed by atoms with Crippen LogP contribution in [0.1, 0.15) is 69.1 Å². The van der Waals surface area contributed by atoms with Crippen molar-refractivity contribution >= 4 is 27.6 Å². The van der Waals surface area contributed by atoms with E-state index in [9.17, 15) is 23.1 Å². The van der Waals surface area contributed by atoms with E-state index in [1.165, 1.54) is 22.9 Å². The number of benzene rings is 2. The van der Waals surface area contributed by atoms with E-state index in [0.717, 1.165) is 0 Å². The highest BCUT2D eigenvalue weighted by Gasteiger charge is 2.30. The van der Waals surface area contributed by atoms with Gasteiger partial charge in [0.15, 0.2) is 17.2 Å². The van der Waals surface area contributed by atoms with Gasteiger partial charge in [0.25, 0.3) is 0 Å². The molecular weight excluding hydrogens is 564 g/mol. The third kappa shape index (κ3) is 6.52. The van der Waals surface area contributed by atoms with Gasteiger partial charge in [-0.3, -0.25) is 4.79 Å². The van der Waals surface area contributed by atoms with Crippen LogP contribution < -0.4 is 24.2 Å². The molecule has 1 aliphatic heterocycles. The Morgan fingerprint density at radius 3 is 2.43 bits per heavy atom. The fraction of sp³-hybridized carbons (Fsp3) is 0.414. The molecule has 0 fully saturated rings. The number of fused-ring (bicyclic) bond motifs is 1. The number of aromatic nitrogens is 2. The molecule has 0 atom stereocenters. The lowest BCUT2D eigenvalue weighted by Crippen LogP contribution is -2.26. The van der Waals surface area contributed by atoms with Gasteiger partial charge in [-0.15, -0.1) is 0 Å². The third-order valence-corrected chi connectivity index (χ3v) is 8.30. The summed E-state index contributed by atoms with van der Waals surface area (Å²) in [5.74, 6) is -0.591. The topological polar surface area (TPSA) is 158 Å². The largest absolute Gasteiger partial charge is 0.476 e. The van der Waals surface area contributed by atoms with Crippen molar-refractivity contribution in [3.05, 3.63) is 53.2 Å². The molecule has 0 aliphatic carbocycles. The summed E-state index contributed by atoms with van der Waals surface area (Å²) in [6.45, 7) is 10.8. The zero-order valence-electron chi connectivity index (χ0n) is 24.5. The van der Waals surface area contributed by atoms with Crippen molar-refractivity contribution in [3.8, 4) is 23.1 Å². The van der Waals surface area contributed by atoms with Gasteiger partial charge >= 0.3 is 5.97 Å². The number of rotatable bonds is 11. The summed E-state index contributed by atoms with van der Waals surface area (Å²) in [7, 11) is -4.23. The van der Waals surface area contributed by atoms with E-state index in [4.69, 9.17) is 14.2 Å². The molecule has 226 valence electrons. The van der Waals surface area contributed by atoms with Crippen molar-refractivity contribution in [2.75, 3.05) is 12.1 Å². The van der Waals surface area contributed by atoms with Gasteiger partial charge in [-0.05, 0) is 76.4 Å². The lowest BCUT2D eigenvalue weighted by atomic mass is 10.0. The summed E-state index contributed by atoms with van der Waals surface area (Å²) >= 11 is 0.